The Morgan fingerprint density at radius 2 is 2.25 bits per heavy atom. The topological polar surface area (TPSA) is 87.0 Å². The van der Waals surface area contributed by atoms with Crippen LogP contribution in [0.15, 0.2) is 24.4 Å². The van der Waals surface area contributed by atoms with Gasteiger partial charge >= 0.3 is 0 Å². The molecule has 1 aliphatic heterocycles. The lowest BCUT2D eigenvalue weighted by molar-refractivity contribution is -0.117. The third kappa shape index (κ3) is 2.97. The van der Waals surface area contributed by atoms with Crippen molar-refractivity contribution in [3.05, 3.63) is 24.4 Å². The van der Waals surface area contributed by atoms with Crippen LogP contribution in [0, 0.1) is 0 Å². The molecule has 0 saturated carbocycles. The number of rotatable bonds is 3. The average molecular weight is 273 g/mol. The number of nitrogens with two attached hydrogens (primary N) is 1. The maximum Gasteiger partial charge on any atom is 0.238 e. The molecule has 6 heteroatoms. The zero-order chi connectivity index (χ0) is 13.9. The summed E-state index contributed by atoms with van der Waals surface area (Å²) in [5.41, 5.74) is 7.57. The van der Waals surface area contributed by atoms with Gasteiger partial charge in [0.05, 0.1) is 18.3 Å². The fraction of sp³-hybridized carbons (Fsp3) is 0.429. The van der Waals surface area contributed by atoms with Crippen LogP contribution in [0.3, 0.4) is 0 Å². The Kier molecular flexibility index (Phi) is 3.66. The molecular weight excluding hydrogens is 254 g/mol. The van der Waals surface area contributed by atoms with E-state index in [1.807, 2.05) is 18.2 Å². The molecule has 1 amide bonds. The zero-order valence-corrected chi connectivity index (χ0v) is 11.3. The summed E-state index contributed by atoms with van der Waals surface area (Å²) in [5.74, 6) is 0.0133. The van der Waals surface area contributed by atoms with Crippen molar-refractivity contribution < 1.29 is 4.79 Å². The fourth-order valence-electron chi connectivity index (χ4n) is 2.53. The van der Waals surface area contributed by atoms with Crippen LogP contribution in [-0.4, -0.2) is 46.7 Å². The highest BCUT2D eigenvalue weighted by Gasteiger charge is 2.18. The van der Waals surface area contributed by atoms with Crippen LogP contribution in [0.5, 0.6) is 0 Å². The monoisotopic (exact) mass is 273 g/mol. The van der Waals surface area contributed by atoms with Crippen LogP contribution in [0.4, 0.5) is 5.69 Å². The highest BCUT2D eigenvalue weighted by Crippen LogP contribution is 2.16. The lowest BCUT2D eigenvalue weighted by Gasteiger charge is -2.29. The van der Waals surface area contributed by atoms with E-state index in [0.29, 0.717) is 6.54 Å². The third-order valence-electron chi connectivity index (χ3n) is 3.73. The predicted octanol–water partition coefficient (Wildman–Crippen LogP) is 0.924. The van der Waals surface area contributed by atoms with E-state index in [0.717, 1.165) is 42.5 Å². The van der Waals surface area contributed by atoms with Gasteiger partial charge in [0.25, 0.3) is 0 Å². The van der Waals surface area contributed by atoms with Crippen molar-refractivity contribution in [2.45, 2.75) is 18.9 Å². The van der Waals surface area contributed by atoms with Gasteiger partial charge in [0.2, 0.25) is 5.91 Å². The van der Waals surface area contributed by atoms with E-state index in [4.69, 9.17) is 5.73 Å². The Bertz CT molecular complexity index is 600. The number of fused-ring (bicyclic) bond motifs is 1. The highest BCUT2D eigenvalue weighted by atomic mass is 16.2. The second-order valence-corrected chi connectivity index (χ2v) is 5.33. The summed E-state index contributed by atoms with van der Waals surface area (Å²) in [6.07, 6.45) is 3.69. The van der Waals surface area contributed by atoms with Crippen molar-refractivity contribution in [1.82, 2.24) is 15.1 Å². The molecule has 2 heterocycles. The van der Waals surface area contributed by atoms with Gasteiger partial charge in [-0.15, -0.1) is 0 Å². The number of anilines is 1. The fourth-order valence-corrected chi connectivity index (χ4v) is 2.53. The van der Waals surface area contributed by atoms with E-state index in [-0.39, 0.29) is 11.9 Å². The van der Waals surface area contributed by atoms with Crippen LogP contribution in [0.25, 0.3) is 10.9 Å². The van der Waals surface area contributed by atoms with Crippen LogP contribution >= 0.6 is 0 Å². The van der Waals surface area contributed by atoms with Crippen molar-refractivity contribution in [3.63, 3.8) is 0 Å². The molecule has 2 aromatic rings. The number of benzene rings is 1. The van der Waals surface area contributed by atoms with Crippen molar-refractivity contribution in [3.8, 4) is 0 Å². The summed E-state index contributed by atoms with van der Waals surface area (Å²) < 4.78 is 0. The van der Waals surface area contributed by atoms with Gasteiger partial charge in [-0.05, 0) is 31.0 Å². The van der Waals surface area contributed by atoms with Gasteiger partial charge in [-0.3, -0.25) is 14.8 Å². The van der Waals surface area contributed by atoms with Gasteiger partial charge in [-0.2, -0.15) is 5.10 Å². The number of aromatic nitrogens is 2. The summed E-state index contributed by atoms with van der Waals surface area (Å²) in [5, 5.41) is 10.8. The van der Waals surface area contributed by atoms with Crippen LogP contribution in [-0.2, 0) is 4.79 Å². The summed E-state index contributed by atoms with van der Waals surface area (Å²) in [6, 6.07) is 6.01. The number of nitrogens with zero attached hydrogens (tertiary/aromatic N) is 2. The minimum atomic E-state index is 0.0133. The quantitative estimate of drug-likeness (QED) is 0.776. The largest absolute Gasteiger partial charge is 0.328 e. The number of carbonyl (C=O) groups is 1. The van der Waals surface area contributed by atoms with Gasteiger partial charge < -0.3 is 11.1 Å². The molecule has 0 unspecified atom stereocenters. The molecule has 0 bridgehead atoms. The van der Waals surface area contributed by atoms with Gasteiger partial charge in [-0.1, -0.05) is 0 Å². The first-order valence-electron chi connectivity index (χ1n) is 6.91. The number of nitrogens with one attached hydrogen (secondary N) is 2. The van der Waals surface area contributed by atoms with E-state index >= 15 is 0 Å². The van der Waals surface area contributed by atoms with Crippen molar-refractivity contribution in [2.24, 2.45) is 5.73 Å². The molecule has 0 atom stereocenters. The summed E-state index contributed by atoms with van der Waals surface area (Å²) >= 11 is 0. The molecule has 4 N–H and O–H groups in total. The number of piperidine rings is 1. The number of carbonyl (C=O) groups excluding carboxylic acids is 1. The lowest BCUT2D eigenvalue weighted by atomic mass is 10.1. The van der Waals surface area contributed by atoms with Crippen molar-refractivity contribution >= 4 is 22.5 Å². The second-order valence-electron chi connectivity index (χ2n) is 5.33. The predicted molar refractivity (Wildman–Crippen MR) is 78.4 cm³/mol. The third-order valence-corrected chi connectivity index (χ3v) is 3.73. The van der Waals surface area contributed by atoms with Crippen molar-refractivity contribution in [1.29, 1.82) is 0 Å². The smallest absolute Gasteiger partial charge is 0.238 e. The Morgan fingerprint density at radius 1 is 1.45 bits per heavy atom. The molecule has 1 aliphatic rings. The van der Waals surface area contributed by atoms with Crippen LogP contribution < -0.4 is 11.1 Å². The highest BCUT2D eigenvalue weighted by molar-refractivity contribution is 5.94. The first kappa shape index (κ1) is 13.1. The normalized spacial score (nSPS) is 17.4. The maximum atomic E-state index is 12.0. The Hall–Kier alpha value is -1.92. The van der Waals surface area contributed by atoms with E-state index in [2.05, 4.69) is 20.4 Å². The molecule has 6 nitrogen and oxygen atoms in total. The standard InChI is InChI=1S/C14H19N5O/c15-11-3-5-19(6-4-11)9-14(20)17-12-2-1-10-8-16-18-13(10)7-12/h1-2,7-8,11H,3-6,9,15H2,(H,16,18)(H,17,20). The number of H-pyrrole nitrogens is 1. The van der Waals surface area contributed by atoms with Gasteiger partial charge in [0.1, 0.15) is 0 Å². The zero-order valence-electron chi connectivity index (χ0n) is 11.3. The molecule has 0 aliphatic carbocycles. The first-order valence-corrected chi connectivity index (χ1v) is 6.91. The molecule has 0 radical (unpaired) electrons. The number of likely N-dealkylation sites (tertiary alicyclic amines) is 1. The summed E-state index contributed by atoms with van der Waals surface area (Å²) in [6.45, 7) is 2.22. The maximum absolute atomic E-state index is 12.0. The lowest BCUT2D eigenvalue weighted by Crippen LogP contribution is -2.43. The van der Waals surface area contributed by atoms with E-state index in [9.17, 15) is 4.79 Å². The summed E-state index contributed by atoms with van der Waals surface area (Å²) in [7, 11) is 0. The van der Waals surface area contributed by atoms with Crippen molar-refractivity contribution in [2.75, 3.05) is 25.0 Å². The van der Waals surface area contributed by atoms with Crippen LogP contribution in [0.1, 0.15) is 12.8 Å². The SMILES string of the molecule is NC1CCN(CC(=O)Nc2ccc3cn[nH]c3c2)CC1. The number of amides is 1. The number of hydrogen-bond donors (Lipinski definition) is 3. The molecule has 1 fully saturated rings. The Labute approximate surface area is 117 Å². The van der Waals surface area contributed by atoms with E-state index in [1.165, 1.54) is 0 Å². The Morgan fingerprint density at radius 3 is 3.05 bits per heavy atom. The van der Waals surface area contributed by atoms with Crippen LogP contribution in [0.2, 0.25) is 0 Å². The molecule has 1 aromatic carbocycles. The molecule has 1 aromatic heterocycles. The number of aromatic amines is 1. The molecule has 3 rings (SSSR count). The van der Waals surface area contributed by atoms with Gasteiger partial charge in [0, 0.05) is 30.2 Å². The summed E-state index contributed by atoms with van der Waals surface area (Å²) in [4.78, 5) is 14.2. The molecule has 0 spiro atoms. The van der Waals surface area contributed by atoms with E-state index < -0.39 is 0 Å². The van der Waals surface area contributed by atoms with Gasteiger partial charge in [-0.25, -0.2) is 0 Å². The minimum Gasteiger partial charge on any atom is -0.328 e. The average Bonchev–Trinajstić information content (AvgIpc) is 2.89. The second kappa shape index (κ2) is 5.60. The number of hydrogen-bond acceptors (Lipinski definition) is 4. The molecule has 1 saturated heterocycles. The first-order chi connectivity index (χ1) is 9.70. The molecule has 20 heavy (non-hydrogen) atoms. The molecular formula is C14H19N5O. The van der Waals surface area contributed by atoms with E-state index in [1.54, 1.807) is 6.20 Å². The molecule has 106 valence electrons. The Balaban J connectivity index is 1.58. The van der Waals surface area contributed by atoms with Gasteiger partial charge in [0.15, 0.2) is 0 Å². The minimum absolute atomic E-state index is 0.0133.